The molecule has 0 heterocycles. The van der Waals surface area contributed by atoms with Crippen LogP contribution in [0.25, 0.3) is 0 Å². The van der Waals surface area contributed by atoms with Gasteiger partial charge in [0, 0.05) is 16.8 Å². The van der Waals surface area contributed by atoms with Crippen molar-refractivity contribution in [1.82, 2.24) is 5.32 Å². The quantitative estimate of drug-likeness (QED) is 0.808. The Morgan fingerprint density at radius 3 is 2.45 bits per heavy atom. The van der Waals surface area contributed by atoms with Gasteiger partial charge in [0.1, 0.15) is 5.75 Å². The lowest BCUT2D eigenvalue weighted by atomic mass is 10.0. The van der Waals surface area contributed by atoms with E-state index < -0.39 is 15.1 Å². The molecule has 1 rings (SSSR count). The fourth-order valence-electron chi connectivity index (χ4n) is 2.01. The van der Waals surface area contributed by atoms with Gasteiger partial charge in [0.25, 0.3) is 0 Å². The number of sulfone groups is 1. The Balaban J connectivity index is 3.15. The number of hydrogen-bond acceptors (Lipinski definition) is 4. The Hall–Kier alpha value is -0.590. The van der Waals surface area contributed by atoms with Crippen molar-refractivity contribution in [3.63, 3.8) is 0 Å². The van der Waals surface area contributed by atoms with Gasteiger partial charge in [-0.05, 0) is 38.1 Å². The lowest BCUT2D eigenvalue weighted by Gasteiger charge is -2.25. The summed E-state index contributed by atoms with van der Waals surface area (Å²) >= 11 is 3.51. The van der Waals surface area contributed by atoms with Crippen LogP contribution in [0.4, 0.5) is 0 Å². The normalized spacial score (nSPS) is 14.8. The summed E-state index contributed by atoms with van der Waals surface area (Å²) in [7, 11) is -3.12. The van der Waals surface area contributed by atoms with Gasteiger partial charge in [0.15, 0.2) is 9.84 Å². The number of benzene rings is 1. The number of ether oxygens (including phenoxy) is 1. The summed E-state index contributed by atoms with van der Waals surface area (Å²) in [5.41, 5.74) is 0.924. The second-order valence-corrected chi connectivity index (χ2v) is 7.94. The fourth-order valence-corrected chi connectivity index (χ4v) is 3.35. The van der Waals surface area contributed by atoms with Crippen LogP contribution >= 0.6 is 15.9 Å². The summed E-state index contributed by atoms with van der Waals surface area (Å²) in [6.45, 7) is 6.91. The van der Waals surface area contributed by atoms with Crippen LogP contribution in [-0.4, -0.2) is 33.1 Å². The summed E-state index contributed by atoms with van der Waals surface area (Å²) in [5, 5.41) is 2.74. The first-order valence-corrected chi connectivity index (χ1v) is 9.40. The highest BCUT2D eigenvalue weighted by Gasteiger charge is 2.28. The van der Waals surface area contributed by atoms with E-state index in [0.29, 0.717) is 13.2 Å². The van der Waals surface area contributed by atoms with Crippen LogP contribution in [0.3, 0.4) is 0 Å². The second-order valence-electron chi connectivity index (χ2n) is 4.69. The first-order chi connectivity index (χ1) is 9.31. The molecule has 0 saturated carbocycles. The molecular weight excluding hydrogens is 342 g/mol. The average molecular weight is 364 g/mol. The van der Waals surface area contributed by atoms with Crippen LogP contribution in [-0.2, 0) is 9.84 Å². The molecule has 1 aromatic carbocycles. The zero-order chi connectivity index (χ0) is 15.3. The van der Waals surface area contributed by atoms with E-state index in [4.69, 9.17) is 4.74 Å². The van der Waals surface area contributed by atoms with Crippen LogP contribution in [0.1, 0.15) is 32.4 Å². The van der Waals surface area contributed by atoms with Crippen molar-refractivity contribution in [2.45, 2.75) is 32.1 Å². The number of halogens is 1. The summed E-state index contributed by atoms with van der Waals surface area (Å²) in [5.74, 6) is 0.769. The fraction of sp³-hybridized carbons (Fsp3) is 0.571. The van der Waals surface area contributed by atoms with Crippen LogP contribution in [0.5, 0.6) is 5.75 Å². The minimum absolute atomic E-state index is 0.250. The average Bonchev–Trinajstić information content (AvgIpc) is 2.35. The van der Waals surface area contributed by atoms with Gasteiger partial charge in [-0.1, -0.05) is 28.9 Å². The highest BCUT2D eigenvalue weighted by molar-refractivity contribution is 9.10. The molecule has 0 aromatic heterocycles. The highest BCUT2D eigenvalue weighted by atomic mass is 79.9. The molecule has 4 nitrogen and oxygen atoms in total. The maximum absolute atomic E-state index is 11.8. The molecule has 0 aliphatic rings. The van der Waals surface area contributed by atoms with Gasteiger partial charge >= 0.3 is 0 Å². The van der Waals surface area contributed by atoms with Gasteiger partial charge in [-0.2, -0.15) is 0 Å². The molecule has 0 aliphatic carbocycles. The van der Waals surface area contributed by atoms with Gasteiger partial charge < -0.3 is 10.1 Å². The molecule has 0 fully saturated rings. The van der Waals surface area contributed by atoms with Crippen LogP contribution in [0, 0.1) is 0 Å². The van der Waals surface area contributed by atoms with Gasteiger partial charge in [0.2, 0.25) is 0 Å². The van der Waals surface area contributed by atoms with E-state index >= 15 is 0 Å². The summed E-state index contributed by atoms with van der Waals surface area (Å²) in [6.07, 6.45) is 1.27. The molecule has 0 saturated heterocycles. The lowest BCUT2D eigenvalue weighted by molar-refractivity contribution is 0.339. The summed E-state index contributed by atoms with van der Waals surface area (Å²) < 4.78 is 29.9. The van der Waals surface area contributed by atoms with E-state index in [0.717, 1.165) is 15.8 Å². The van der Waals surface area contributed by atoms with E-state index in [2.05, 4.69) is 21.2 Å². The van der Waals surface area contributed by atoms with Gasteiger partial charge in [-0.3, -0.25) is 0 Å². The molecular formula is C14H22BrNO3S. The Morgan fingerprint density at radius 1 is 1.35 bits per heavy atom. The van der Waals surface area contributed by atoms with E-state index in [-0.39, 0.29) is 6.04 Å². The van der Waals surface area contributed by atoms with Crippen LogP contribution < -0.4 is 10.1 Å². The van der Waals surface area contributed by atoms with Crippen molar-refractivity contribution >= 4 is 25.8 Å². The number of rotatable bonds is 7. The van der Waals surface area contributed by atoms with Gasteiger partial charge in [-0.25, -0.2) is 8.42 Å². The predicted molar refractivity (Wildman–Crippen MR) is 86.0 cm³/mol. The Kier molecular flexibility index (Phi) is 6.48. The number of hydrogen-bond donors (Lipinski definition) is 1. The van der Waals surface area contributed by atoms with Crippen molar-refractivity contribution in [1.29, 1.82) is 0 Å². The van der Waals surface area contributed by atoms with Crippen molar-refractivity contribution < 1.29 is 13.2 Å². The molecule has 2 unspecified atom stereocenters. The molecule has 0 spiro atoms. The zero-order valence-corrected chi connectivity index (χ0v) is 14.7. The predicted octanol–water partition coefficient (Wildman–Crippen LogP) is 2.93. The third-order valence-electron chi connectivity index (χ3n) is 3.19. The highest BCUT2D eigenvalue weighted by Crippen LogP contribution is 2.31. The monoisotopic (exact) mass is 363 g/mol. The molecule has 6 heteroatoms. The maximum Gasteiger partial charge on any atom is 0.151 e. The lowest BCUT2D eigenvalue weighted by Crippen LogP contribution is -2.35. The summed E-state index contributed by atoms with van der Waals surface area (Å²) in [6, 6.07) is 5.39. The van der Waals surface area contributed by atoms with Crippen LogP contribution in [0.15, 0.2) is 22.7 Å². The van der Waals surface area contributed by atoms with E-state index in [1.165, 1.54) is 6.26 Å². The molecule has 1 aromatic rings. The first-order valence-electron chi connectivity index (χ1n) is 6.65. The molecule has 0 aliphatic heterocycles. The Bertz CT molecular complexity index is 545. The van der Waals surface area contributed by atoms with Gasteiger partial charge in [0.05, 0.1) is 11.9 Å². The minimum atomic E-state index is -3.12. The standard InChI is InChI=1S/C14H22BrNO3S/c1-5-16-14(10(3)20(4,17)18)12-8-7-11(19-6-2)9-13(12)15/h7-10,14,16H,5-6H2,1-4H3. The van der Waals surface area contributed by atoms with Crippen molar-refractivity contribution in [3.8, 4) is 5.75 Å². The molecule has 0 amide bonds. The maximum atomic E-state index is 11.8. The Morgan fingerprint density at radius 2 is 2.00 bits per heavy atom. The largest absolute Gasteiger partial charge is 0.494 e. The van der Waals surface area contributed by atoms with Crippen molar-refractivity contribution in [2.75, 3.05) is 19.4 Å². The molecule has 20 heavy (non-hydrogen) atoms. The van der Waals surface area contributed by atoms with E-state index in [1.54, 1.807) is 6.92 Å². The first kappa shape index (κ1) is 17.5. The number of nitrogens with one attached hydrogen (secondary N) is 1. The van der Waals surface area contributed by atoms with Gasteiger partial charge in [-0.15, -0.1) is 0 Å². The van der Waals surface area contributed by atoms with Crippen molar-refractivity contribution in [2.24, 2.45) is 0 Å². The van der Waals surface area contributed by atoms with E-state index in [9.17, 15) is 8.42 Å². The molecule has 1 N–H and O–H groups in total. The zero-order valence-electron chi connectivity index (χ0n) is 12.3. The summed E-state index contributed by atoms with van der Waals surface area (Å²) in [4.78, 5) is 0. The topological polar surface area (TPSA) is 55.4 Å². The molecule has 0 bridgehead atoms. The van der Waals surface area contributed by atoms with E-state index in [1.807, 2.05) is 32.0 Å². The third-order valence-corrected chi connectivity index (χ3v) is 5.50. The third kappa shape index (κ3) is 4.46. The van der Waals surface area contributed by atoms with Crippen molar-refractivity contribution in [3.05, 3.63) is 28.2 Å². The minimum Gasteiger partial charge on any atom is -0.494 e. The SMILES string of the molecule is CCNC(c1ccc(OCC)cc1Br)C(C)S(C)(=O)=O. The van der Waals surface area contributed by atoms with Crippen LogP contribution in [0.2, 0.25) is 0 Å². The smallest absolute Gasteiger partial charge is 0.151 e. The Labute approximate surface area is 130 Å². The second kappa shape index (κ2) is 7.43. The molecule has 0 radical (unpaired) electrons. The molecule has 2 atom stereocenters. The molecule has 114 valence electrons.